The number of aryl methyl sites for hydroxylation is 1. The van der Waals surface area contributed by atoms with Crippen molar-refractivity contribution in [1.82, 2.24) is 9.88 Å². The van der Waals surface area contributed by atoms with E-state index in [2.05, 4.69) is 35.9 Å². The lowest BCUT2D eigenvalue weighted by molar-refractivity contribution is 0.561. The molecule has 5 heteroatoms. The van der Waals surface area contributed by atoms with Gasteiger partial charge >= 0.3 is 0 Å². The summed E-state index contributed by atoms with van der Waals surface area (Å²) in [5.74, 6) is 0.167. The molecule has 0 aliphatic carbocycles. The van der Waals surface area contributed by atoms with Crippen LogP contribution in [-0.4, -0.2) is 31.0 Å². The zero-order valence-corrected chi connectivity index (χ0v) is 13.1. The van der Waals surface area contributed by atoms with Crippen molar-refractivity contribution in [2.45, 2.75) is 33.0 Å². The van der Waals surface area contributed by atoms with Gasteiger partial charge in [0.25, 0.3) is 0 Å². The average Bonchev–Trinajstić information content (AvgIpc) is 2.70. The zero-order valence-electron chi connectivity index (χ0n) is 12.3. The quantitative estimate of drug-likeness (QED) is 0.888. The number of nitrogens with one attached hydrogen (secondary N) is 1. The minimum Gasteiger partial charge on any atom is -0.342 e. The predicted octanol–water partition coefficient (Wildman–Crippen LogP) is 2.18. The topological polar surface area (TPSA) is 51.1 Å². The van der Waals surface area contributed by atoms with E-state index < -0.39 is 9.84 Å². The average molecular weight is 294 g/mol. The summed E-state index contributed by atoms with van der Waals surface area (Å²) in [4.78, 5) is 0. The van der Waals surface area contributed by atoms with Gasteiger partial charge < -0.3 is 9.88 Å². The molecule has 0 radical (unpaired) electrons. The second-order valence-electron chi connectivity index (χ2n) is 5.51. The minimum atomic E-state index is -2.96. The maximum absolute atomic E-state index is 11.4. The fraction of sp³-hybridized carbons (Fsp3) is 0.467. The van der Waals surface area contributed by atoms with E-state index in [9.17, 15) is 8.42 Å². The van der Waals surface area contributed by atoms with E-state index in [4.69, 9.17) is 0 Å². The van der Waals surface area contributed by atoms with Crippen LogP contribution >= 0.6 is 0 Å². The largest absolute Gasteiger partial charge is 0.342 e. The third-order valence-electron chi connectivity index (χ3n) is 3.27. The molecule has 1 aromatic heterocycles. The number of hydrogen-bond acceptors (Lipinski definition) is 3. The Morgan fingerprint density at radius 1 is 1.25 bits per heavy atom. The lowest BCUT2D eigenvalue weighted by Crippen LogP contribution is -2.24. The number of rotatable bonds is 6. The van der Waals surface area contributed by atoms with Crippen LogP contribution in [0.25, 0.3) is 10.9 Å². The number of sulfone groups is 1. The van der Waals surface area contributed by atoms with E-state index in [1.54, 1.807) is 0 Å². The molecule has 0 spiro atoms. The number of aromatic nitrogens is 1. The summed E-state index contributed by atoms with van der Waals surface area (Å²) in [5.41, 5.74) is 2.22. The molecule has 0 aliphatic heterocycles. The molecule has 1 aromatic carbocycles. The first-order valence-electron chi connectivity index (χ1n) is 6.85. The van der Waals surface area contributed by atoms with E-state index in [0.29, 0.717) is 12.6 Å². The van der Waals surface area contributed by atoms with E-state index in [1.807, 2.05) is 18.2 Å². The molecule has 110 valence electrons. The highest BCUT2D eigenvalue weighted by Gasteiger charge is 2.11. The van der Waals surface area contributed by atoms with Crippen LogP contribution in [0.15, 0.2) is 30.3 Å². The highest BCUT2D eigenvalue weighted by molar-refractivity contribution is 7.90. The molecule has 0 saturated carbocycles. The van der Waals surface area contributed by atoms with Crippen LogP contribution in [0.5, 0.6) is 0 Å². The molecule has 0 saturated heterocycles. The first-order valence-corrected chi connectivity index (χ1v) is 8.91. The van der Waals surface area contributed by atoms with Gasteiger partial charge in [0.2, 0.25) is 0 Å². The molecule has 2 aromatic rings. The Bertz CT molecular complexity index is 687. The first kappa shape index (κ1) is 15.1. The Kier molecular flexibility index (Phi) is 4.50. The number of para-hydroxylation sites is 1. The van der Waals surface area contributed by atoms with Gasteiger partial charge in [-0.15, -0.1) is 0 Å². The molecule has 2 rings (SSSR count). The van der Waals surface area contributed by atoms with Crippen LogP contribution in [0.4, 0.5) is 0 Å². The summed E-state index contributed by atoms with van der Waals surface area (Å²) in [5, 5.41) is 4.54. The maximum atomic E-state index is 11.4. The summed E-state index contributed by atoms with van der Waals surface area (Å²) >= 11 is 0. The summed E-state index contributed by atoms with van der Waals surface area (Å²) in [6, 6.07) is 10.6. The Balaban J connectivity index is 2.34. The van der Waals surface area contributed by atoms with E-state index >= 15 is 0 Å². The second kappa shape index (κ2) is 5.97. The van der Waals surface area contributed by atoms with Gasteiger partial charge in [-0.1, -0.05) is 32.0 Å². The molecule has 0 atom stereocenters. The van der Waals surface area contributed by atoms with Crippen molar-refractivity contribution in [2.75, 3.05) is 12.0 Å². The molecular formula is C15H22N2O2S. The highest BCUT2D eigenvalue weighted by Crippen LogP contribution is 2.20. The van der Waals surface area contributed by atoms with Crippen molar-refractivity contribution in [1.29, 1.82) is 0 Å². The lowest BCUT2D eigenvalue weighted by atomic mass is 10.2. The van der Waals surface area contributed by atoms with Gasteiger partial charge in [-0.25, -0.2) is 8.42 Å². The van der Waals surface area contributed by atoms with Crippen molar-refractivity contribution in [3.8, 4) is 0 Å². The van der Waals surface area contributed by atoms with Gasteiger partial charge in [-0.2, -0.15) is 0 Å². The Labute approximate surface area is 120 Å². The van der Waals surface area contributed by atoms with Crippen LogP contribution in [-0.2, 0) is 22.9 Å². The molecular weight excluding hydrogens is 272 g/mol. The smallest absolute Gasteiger partial charge is 0.149 e. The van der Waals surface area contributed by atoms with Crippen molar-refractivity contribution in [3.63, 3.8) is 0 Å². The third-order valence-corrected chi connectivity index (χ3v) is 4.20. The van der Waals surface area contributed by atoms with Crippen molar-refractivity contribution >= 4 is 20.7 Å². The highest BCUT2D eigenvalue weighted by atomic mass is 32.2. The van der Waals surface area contributed by atoms with Gasteiger partial charge in [-0.05, 0) is 17.5 Å². The molecule has 1 N–H and O–H groups in total. The standard InChI is InChI=1S/C15H22N2O2S/c1-12(2)16-11-14-10-13-6-4-5-7-15(13)17(14)8-9-20(3,18)19/h4-7,10,12,16H,8-9,11H2,1-3H3. The minimum absolute atomic E-state index is 0.167. The van der Waals surface area contributed by atoms with Crippen LogP contribution in [0, 0.1) is 0 Å². The van der Waals surface area contributed by atoms with E-state index in [-0.39, 0.29) is 5.75 Å². The summed E-state index contributed by atoms with van der Waals surface area (Å²) in [6.07, 6.45) is 1.28. The van der Waals surface area contributed by atoms with E-state index in [0.717, 1.165) is 23.1 Å². The first-order chi connectivity index (χ1) is 9.37. The molecule has 20 heavy (non-hydrogen) atoms. The summed E-state index contributed by atoms with van der Waals surface area (Å²) in [7, 11) is -2.96. The fourth-order valence-corrected chi connectivity index (χ4v) is 2.76. The lowest BCUT2D eigenvalue weighted by Gasteiger charge is -2.12. The Morgan fingerprint density at radius 3 is 2.60 bits per heavy atom. The monoisotopic (exact) mass is 294 g/mol. The third kappa shape index (κ3) is 3.84. The van der Waals surface area contributed by atoms with Gasteiger partial charge in [0.15, 0.2) is 0 Å². The van der Waals surface area contributed by atoms with Crippen molar-refractivity contribution in [2.24, 2.45) is 0 Å². The van der Waals surface area contributed by atoms with Crippen molar-refractivity contribution in [3.05, 3.63) is 36.0 Å². The molecule has 1 heterocycles. The second-order valence-corrected chi connectivity index (χ2v) is 7.77. The molecule has 0 unspecified atom stereocenters. The number of hydrogen-bond donors (Lipinski definition) is 1. The van der Waals surface area contributed by atoms with Crippen LogP contribution in [0.2, 0.25) is 0 Å². The Hall–Kier alpha value is -1.33. The summed E-state index contributed by atoms with van der Waals surface area (Å²) in [6.45, 7) is 5.45. The molecule has 0 aliphatic rings. The number of nitrogens with zero attached hydrogens (tertiary/aromatic N) is 1. The van der Waals surface area contributed by atoms with E-state index in [1.165, 1.54) is 6.26 Å². The molecule has 0 amide bonds. The van der Waals surface area contributed by atoms with Gasteiger partial charge in [0, 0.05) is 36.6 Å². The van der Waals surface area contributed by atoms with Gasteiger partial charge in [0.1, 0.15) is 9.84 Å². The van der Waals surface area contributed by atoms with Gasteiger partial charge in [-0.3, -0.25) is 0 Å². The van der Waals surface area contributed by atoms with Crippen LogP contribution in [0.3, 0.4) is 0 Å². The number of benzene rings is 1. The predicted molar refractivity (Wildman–Crippen MR) is 83.6 cm³/mol. The van der Waals surface area contributed by atoms with Crippen LogP contribution in [0.1, 0.15) is 19.5 Å². The fourth-order valence-electron chi connectivity index (χ4n) is 2.24. The summed E-state index contributed by atoms with van der Waals surface area (Å²) < 4.78 is 24.9. The van der Waals surface area contributed by atoms with Gasteiger partial charge in [0.05, 0.1) is 5.75 Å². The zero-order chi connectivity index (χ0) is 14.8. The molecule has 0 bridgehead atoms. The van der Waals surface area contributed by atoms with Crippen LogP contribution < -0.4 is 5.32 Å². The SMILES string of the molecule is CC(C)NCc1cc2ccccc2n1CCS(C)(=O)=O. The Morgan fingerprint density at radius 2 is 1.95 bits per heavy atom. The maximum Gasteiger partial charge on any atom is 0.149 e. The molecule has 4 nitrogen and oxygen atoms in total. The molecule has 0 fully saturated rings. The number of fused-ring (bicyclic) bond motifs is 1. The van der Waals surface area contributed by atoms with Crippen molar-refractivity contribution < 1.29 is 8.42 Å². The normalized spacial score (nSPS) is 12.4.